The zero-order chi connectivity index (χ0) is 23.5. The van der Waals surface area contributed by atoms with E-state index in [9.17, 15) is 10.2 Å². The first-order valence-corrected chi connectivity index (χ1v) is 11.9. The Kier molecular flexibility index (Phi) is 6.06. The molecule has 0 spiro atoms. The zero-order valence-corrected chi connectivity index (χ0v) is 19.5. The minimum Gasteiger partial charge on any atom is -0.508 e. The second-order valence-corrected chi connectivity index (χ2v) is 9.08. The zero-order valence-electron chi connectivity index (χ0n) is 18.7. The normalized spacial score (nSPS) is 11.4. The fourth-order valence-electron chi connectivity index (χ4n) is 3.76. The predicted molar refractivity (Wildman–Crippen MR) is 139 cm³/mol. The van der Waals surface area contributed by atoms with Gasteiger partial charge in [0.1, 0.15) is 17.2 Å². The fourth-order valence-corrected chi connectivity index (χ4v) is 4.92. The van der Waals surface area contributed by atoms with Crippen molar-refractivity contribution >= 4 is 33.6 Å². The Bertz CT molecular complexity index is 1450. The molecule has 2 aromatic heterocycles. The summed E-state index contributed by atoms with van der Waals surface area (Å²) in [5, 5.41) is 20.5. The molecule has 5 rings (SSSR count). The number of nitrogens with zero attached hydrogens (tertiary/aromatic N) is 2. The highest BCUT2D eigenvalue weighted by Gasteiger charge is 2.17. The largest absolute Gasteiger partial charge is 0.508 e. The first-order valence-electron chi connectivity index (χ1n) is 11.1. The van der Waals surface area contributed by atoms with Crippen LogP contribution in [0, 0.1) is 0 Å². The Morgan fingerprint density at radius 1 is 0.941 bits per heavy atom. The van der Waals surface area contributed by atoms with Gasteiger partial charge in [-0.05, 0) is 78.2 Å². The monoisotopic (exact) mass is 468 g/mol. The molecule has 2 heterocycles. The number of aryl methyl sites for hydroxylation is 1. The molecule has 3 aromatic carbocycles. The number of phenols is 2. The Morgan fingerprint density at radius 2 is 1.71 bits per heavy atom. The van der Waals surface area contributed by atoms with Crippen molar-refractivity contribution in [1.29, 1.82) is 0 Å². The van der Waals surface area contributed by atoms with Gasteiger partial charge in [0.2, 0.25) is 0 Å². The molecule has 0 aliphatic rings. The molecule has 0 saturated carbocycles. The Morgan fingerprint density at radius 3 is 2.47 bits per heavy atom. The van der Waals surface area contributed by atoms with E-state index >= 15 is 0 Å². The number of imidazole rings is 1. The van der Waals surface area contributed by atoms with Crippen LogP contribution in [-0.4, -0.2) is 19.8 Å². The van der Waals surface area contributed by atoms with Crippen molar-refractivity contribution in [3.63, 3.8) is 0 Å². The number of phenolic OH excluding ortho intramolecular Hbond substituents is 2. The van der Waals surface area contributed by atoms with Gasteiger partial charge >= 0.3 is 0 Å². The highest BCUT2D eigenvalue weighted by atomic mass is 32.1. The van der Waals surface area contributed by atoms with E-state index in [4.69, 9.17) is 4.74 Å². The second-order valence-electron chi connectivity index (χ2n) is 8.03. The lowest BCUT2D eigenvalue weighted by atomic mass is 10.1. The van der Waals surface area contributed by atoms with Crippen LogP contribution in [0.15, 0.2) is 79.3 Å². The Balaban J connectivity index is 1.41. The summed E-state index contributed by atoms with van der Waals surface area (Å²) in [5.74, 6) is 1.88. The maximum Gasteiger partial charge on any atom is 0.153 e. The van der Waals surface area contributed by atoms with Gasteiger partial charge in [-0.1, -0.05) is 25.1 Å². The van der Waals surface area contributed by atoms with Crippen molar-refractivity contribution in [3.8, 4) is 33.4 Å². The minimum absolute atomic E-state index is 0.214. The van der Waals surface area contributed by atoms with Crippen LogP contribution >= 0.6 is 11.3 Å². The van der Waals surface area contributed by atoms with Gasteiger partial charge in [0.25, 0.3) is 0 Å². The molecule has 170 valence electrons. The van der Waals surface area contributed by atoms with Crippen LogP contribution in [0.3, 0.4) is 0 Å². The van der Waals surface area contributed by atoms with Crippen molar-refractivity contribution in [2.24, 2.45) is 0 Å². The summed E-state index contributed by atoms with van der Waals surface area (Å²) in [7, 11) is 0. The number of aromatic hydroxyl groups is 2. The van der Waals surface area contributed by atoms with Crippen LogP contribution in [-0.2, 0) is 6.54 Å². The van der Waals surface area contributed by atoms with Gasteiger partial charge in [-0.2, -0.15) is 0 Å². The maximum atomic E-state index is 9.94. The van der Waals surface area contributed by atoms with E-state index in [0.29, 0.717) is 0 Å². The molecule has 0 amide bonds. The molecular weight excluding hydrogens is 444 g/mol. The average Bonchev–Trinajstić information content (AvgIpc) is 3.43. The van der Waals surface area contributed by atoms with Crippen molar-refractivity contribution in [1.82, 2.24) is 9.55 Å². The molecule has 0 bridgehead atoms. The van der Waals surface area contributed by atoms with Gasteiger partial charge in [-0.25, -0.2) is 4.98 Å². The van der Waals surface area contributed by atoms with E-state index in [1.54, 1.807) is 35.6 Å². The average molecular weight is 469 g/mol. The molecular formula is C28H24N2O3S. The summed E-state index contributed by atoms with van der Waals surface area (Å²) in [5.41, 5.74) is 2.92. The summed E-state index contributed by atoms with van der Waals surface area (Å²) in [6.07, 6.45) is 9.02. The van der Waals surface area contributed by atoms with E-state index in [1.807, 2.05) is 67.1 Å². The van der Waals surface area contributed by atoms with Gasteiger partial charge in [0.15, 0.2) is 5.75 Å². The predicted octanol–water partition coefficient (Wildman–Crippen LogP) is 7.55. The summed E-state index contributed by atoms with van der Waals surface area (Å²) in [4.78, 5) is 5.35. The second kappa shape index (κ2) is 9.45. The third kappa shape index (κ3) is 4.67. The van der Waals surface area contributed by atoms with Gasteiger partial charge in [-0.15, -0.1) is 11.3 Å². The van der Waals surface area contributed by atoms with E-state index in [0.717, 1.165) is 56.2 Å². The lowest BCUT2D eigenvalue weighted by Crippen LogP contribution is -1.90. The molecule has 0 fully saturated rings. The van der Waals surface area contributed by atoms with Crippen LogP contribution < -0.4 is 4.74 Å². The first-order chi connectivity index (χ1) is 16.6. The number of rotatable bonds is 7. The third-order valence-electron chi connectivity index (χ3n) is 5.44. The van der Waals surface area contributed by atoms with Gasteiger partial charge in [0, 0.05) is 22.8 Å². The van der Waals surface area contributed by atoms with Crippen LogP contribution in [0.25, 0.3) is 32.7 Å². The van der Waals surface area contributed by atoms with Crippen LogP contribution in [0.1, 0.15) is 24.6 Å². The Hall–Kier alpha value is -4.03. The number of aromatic nitrogens is 2. The quantitative estimate of drug-likeness (QED) is 0.259. The number of fused-ring (bicyclic) bond motifs is 1. The molecule has 0 saturated heterocycles. The lowest BCUT2D eigenvalue weighted by Gasteiger charge is -2.09. The fraction of sp³-hybridized carbons (Fsp3) is 0.107. The Labute approximate surface area is 201 Å². The molecule has 2 N–H and O–H groups in total. The molecule has 0 atom stereocenters. The SMILES string of the molecule is CCCn1cnc(/C=C/c2ccc(Oc3c(-c4ccc(O)cc4)sc4cc(O)ccc34)cc2)c1. The van der Waals surface area contributed by atoms with Crippen molar-refractivity contribution in [2.45, 2.75) is 19.9 Å². The number of hydrogen-bond donors (Lipinski definition) is 2. The number of thiophene rings is 1. The molecule has 6 heteroatoms. The summed E-state index contributed by atoms with van der Waals surface area (Å²) < 4.78 is 9.38. The highest BCUT2D eigenvalue weighted by Crippen LogP contribution is 2.47. The molecule has 0 radical (unpaired) electrons. The van der Waals surface area contributed by atoms with Crippen LogP contribution in [0.5, 0.6) is 23.0 Å². The summed E-state index contributed by atoms with van der Waals surface area (Å²) >= 11 is 1.54. The molecule has 0 aliphatic heterocycles. The molecule has 5 aromatic rings. The van der Waals surface area contributed by atoms with Crippen molar-refractivity contribution in [2.75, 3.05) is 0 Å². The highest BCUT2D eigenvalue weighted by molar-refractivity contribution is 7.22. The maximum absolute atomic E-state index is 9.94. The lowest BCUT2D eigenvalue weighted by molar-refractivity contribution is 0.475. The smallest absolute Gasteiger partial charge is 0.153 e. The third-order valence-corrected chi connectivity index (χ3v) is 6.62. The van der Waals surface area contributed by atoms with E-state index < -0.39 is 0 Å². The van der Waals surface area contributed by atoms with Crippen molar-refractivity contribution < 1.29 is 14.9 Å². The molecule has 34 heavy (non-hydrogen) atoms. The van der Waals surface area contributed by atoms with Gasteiger partial charge in [0.05, 0.1) is 16.9 Å². The summed E-state index contributed by atoms with van der Waals surface area (Å²) in [6.45, 7) is 3.12. The minimum atomic E-state index is 0.214. The first kappa shape index (κ1) is 21.8. The van der Waals surface area contributed by atoms with Crippen molar-refractivity contribution in [3.05, 3.63) is 90.5 Å². The van der Waals surface area contributed by atoms with E-state index in [-0.39, 0.29) is 11.5 Å². The number of ether oxygens (including phenoxy) is 1. The van der Waals surface area contributed by atoms with E-state index in [2.05, 4.69) is 16.5 Å². The number of benzene rings is 3. The van der Waals surface area contributed by atoms with Crippen LogP contribution in [0.2, 0.25) is 0 Å². The molecule has 0 unspecified atom stereocenters. The van der Waals surface area contributed by atoms with Gasteiger partial charge < -0.3 is 19.5 Å². The summed E-state index contributed by atoms with van der Waals surface area (Å²) in [6, 6.07) is 20.2. The number of hydrogen-bond acceptors (Lipinski definition) is 5. The standard InChI is InChI=1S/C28H24N2O3S/c1-2-15-30-17-21(29-18-30)8-3-19-4-12-24(13-5-19)33-27-25-14-11-23(32)16-26(25)34-28(27)20-6-9-22(31)10-7-20/h3-14,16-18,31-32H,2,15H2,1H3/b8-3+. The van der Waals surface area contributed by atoms with E-state index in [1.165, 1.54) is 0 Å². The van der Waals surface area contributed by atoms with Gasteiger partial charge in [-0.3, -0.25) is 0 Å². The molecule has 0 aliphatic carbocycles. The molecule has 5 nitrogen and oxygen atoms in total. The topological polar surface area (TPSA) is 67.5 Å². The van der Waals surface area contributed by atoms with Crippen LogP contribution in [0.4, 0.5) is 0 Å².